The van der Waals surface area contributed by atoms with Gasteiger partial charge < -0.3 is 5.73 Å². The Kier molecular flexibility index (Phi) is 7.57. The first-order valence-corrected chi connectivity index (χ1v) is 5.04. The van der Waals surface area contributed by atoms with Crippen LogP contribution in [0.3, 0.4) is 0 Å². The Morgan fingerprint density at radius 3 is 2.57 bits per heavy atom. The zero-order chi connectivity index (χ0) is 9.52. The molecule has 2 N–H and O–H groups in total. The van der Waals surface area contributed by atoms with Gasteiger partial charge in [-0.2, -0.15) is 0 Å². The minimum atomic E-state index is -0.156. The van der Waals surface area contributed by atoms with Gasteiger partial charge in [-0.15, -0.1) is 24.2 Å². The van der Waals surface area contributed by atoms with Crippen molar-refractivity contribution in [1.82, 2.24) is 0 Å². The minimum absolute atomic E-state index is 0. The largest absolute Gasteiger partial charge is 0.327 e. The van der Waals surface area contributed by atoms with E-state index in [4.69, 9.17) is 5.73 Å². The van der Waals surface area contributed by atoms with Crippen molar-refractivity contribution in [2.24, 2.45) is 5.73 Å². The van der Waals surface area contributed by atoms with Gasteiger partial charge in [0.25, 0.3) is 0 Å². The normalized spacial score (nSPS) is 10.9. The summed E-state index contributed by atoms with van der Waals surface area (Å²) in [6.07, 6.45) is 1.40. The molecule has 1 rings (SSSR count). The molecule has 0 unspecified atom stereocenters. The highest BCUT2D eigenvalue weighted by Gasteiger charge is 1.95. The molecule has 0 aliphatic carbocycles. The van der Waals surface area contributed by atoms with Crippen molar-refractivity contribution >= 4 is 24.2 Å². The molecule has 0 bridgehead atoms. The van der Waals surface area contributed by atoms with Gasteiger partial charge in [-0.05, 0) is 18.2 Å². The topological polar surface area (TPSA) is 26.0 Å². The van der Waals surface area contributed by atoms with Crippen molar-refractivity contribution in [3.63, 3.8) is 0 Å². The highest BCUT2D eigenvalue weighted by molar-refractivity contribution is 7.99. The molecule has 78 valence electrons. The van der Waals surface area contributed by atoms with Gasteiger partial charge >= 0.3 is 0 Å². The maximum Gasteiger partial charge on any atom is 0.107 e. The Hall–Kier alpha value is -0.510. The van der Waals surface area contributed by atoms with Crippen LogP contribution in [0, 0.1) is 0 Å². The molecule has 1 aromatic rings. The Morgan fingerprint density at radius 1 is 1.36 bits per heavy atom. The average Bonchev–Trinajstić information content (AvgIpc) is 2.17. The Balaban J connectivity index is 0.00000169. The summed E-state index contributed by atoms with van der Waals surface area (Å²) in [4.78, 5) is 1.07. The number of benzene rings is 1. The van der Waals surface area contributed by atoms with Gasteiger partial charge in [-0.1, -0.05) is 18.2 Å². The molecule has 0 aliphatic heterocycles. The van der Waals surface area contributed by atoms with Crippen LogP contribution in [0.5, 0.6) is 0 Å². The highest BCUT2D eigenvalue weighted by Crippen LogP contribution is 2.19. The number of halogens is 2. The average molecular weight is 234 g/mol. The first-order valence-electron chi connectivity index (χ1n) is 4.05. The van der Waals surface area contributed by atoms with E-state index in [2.05, 4.69) is 0 Å². The molecule has 0 heterocycles. The second-order valence-corrected chi connectivity index (χ2v) is 3.54. The smallest absolute Gasteiger partial charge is 0.107 e. The zero-order valence-corrected chi connectivity index (χ0v) is 9.28. The molecule has 14 heavy (non-hydrogen) atoms. The zero-order valence-electron chi connectivity index (χ0n) is 7.65. The lowest BCUT2D eigenvalue weighted by Crippen LogP contribution is -1.94. The fourth-order valence-electron chi connectivity index (χ4n) is 0.856. The van der Waals surface area contributed by atoms with Crippen molar-refractivity contribution in [2.45, 2.75) is 4.90 Å². The molecule has 0 spiro atoms. The van der Waals surface area contributed by atoms with E-state index in [9.17, 15) is 4.39 Å². The number of thioether (sulfide) groups is 1. The maximum absolute atomic E-state index is 12.8. The van der Waals surface area contributed by atoms with Crippen LogP contribution in [0.15, 0.2) is 47.1 Å². The van der Waals surface area contributed by atoms with Crippen LogP contribution in [0.2, 0.25) is 0 Å². The summed E-state index contributed by atoms with van der Waals surface area (Å²) in [6, 6.07) is 9.73. The van der Waals surface area contributed by atoms with Crippen molar-refractivity contribution in [1.29, 1.82) is 0 Å². The summed E-state index contributed by atoms with van der Waals surface area (Å²) in [5.74, 6) is 0.206. The molecular formula is C10H13ClFNS. The highest BCUT2D eigenvalue weighted by atomic mass is 35.5. The Bertz CT molecular complexity index is 277. The molecule has 0 saturated heterocycles. The summed E-state index contributed by atoms with van der Waals surface area (Å²) in [5, 5.41) is 0. The molecule has 4 heteroatoms. The molecule has 0 amide bonds. The molecule has 0 saturated carbocycles. The van der Waals surface area contributed by atoms with Crippen LogP contribution in [-0.4, -0.2) is 12.3 Å². The monoisotopic (exact) mass is 233 g/mol. The summed E-state index contributed by atoms with van der Waals surface area (Å²) in [6.45, 7) is 0.265. The van der Waals surface area contributed by atoms with Crippen molar-refractivity contribution in [2.75, 3.05) is 12.3 Å². The van der Waals surface area contributed by atoms with Crippen LogP contribution in [0.1, 0.15) is 0 Å². The van der Waals surface area contributed by atoms with Crippen LogP contribution in [0.4, 0.5) is 4.39 Å². The molecule has 0 radical (unpaired) electrons. The van der Waals surface area contributed by atoms with Crippen LogP contribution < -0.4 is 5.73 Å². The first-order chi connectivity index (χ1) is 6.33. The molecule has 0 atom stereocenters. The quantitative estimate of drug-likeness (QED) is 0.810. The second-order valence-electron chi connectivity index (χ2n) is 2.49. The van der Waals surface area contributed by atoms with Crippen LogP contribution in [0.25, 0.3) is 0 Å². The minimum Gasteiger partial charge on any atom is -0.327 e. The SMILES string of the molecule is Cl.NC/C=C(/F)CSc1ccccc1. The summed E-state index contributed by atoms with van der Waals surface area (Å²) < 4.78 is 12.8. The van der Waals surface area contributed by atoms with Gasteiger partial charge in [0.1, 0.15) is 5.83 Å². The number of rotatable bonds is 4. The summed E-state index contributed by atoms with van der Waals surface area (Å²) in [5.41, 5.74) is 5.17. The number of hydrogen-bond acceptors (Lipinski definition) is 2. The molecule has 1 aromatic carbocycles. The third kappa shape index (κ3) is 5.27. The molecule has 0 aliphatic rings. The van der Waals surface area contributed by atoms with E-state index in [1.165, 1.54) is 17.8 Å². The fraction of sp³-hybridized carbons (Fsp3) is 0.200. The third-order valence-electron chi connectivity index (χ3n) is 1.46. The Morgan fingerprint density at radius 2 is 2.00 bits per heavy atom. The van der Waals surface area contributed by atoms with Gasteiger partial charge in [0, 0.05) is 17.2 Å². The van der Waals surface area contributed by atoms with E-state index >= 15 is 0 Å². The molecule has 0 fully saturated rings. The lowest BCUT2D eigenvalue weighted by molar-refractivity contribution is 0.640. The van der Waals surface area contributed by atoms with Gasteiger partial charge in [-0.3, -0.25) is 0 Å². The summed E-state index contributed by atoms with van der Waals surface area (Å²) in [7, 11) is 0. The van der Waals surface area contributed by atoms with E-state index in [1.807, 2.05) is 30.3 Å². The van der Waals surface area contributed by atoms with E-state index in [1.54, 1.807) is 0 Å². The molecular weight excluding hydrogens is 221 g/mol. The standard InChI is InChI=1S/C10H12FNS.ClH/c11-9(6-7-12)8-13-10-4-2-1-3-5-10;/h1-6H,7-8,12H2;1H/b9-6+;. The van der Waals surface area contributed by atoms with Gasteiger partial charge in [0.2, 0.25) is 0 Å². The van der Waals surface area contributed by atoms with E-state index < -0.39 is 0 Å². The van der Waals surface area contributed by atoms with Crippen LogP contribution in [-0.2, 0) is 0 Å². The van der Waals surface area contributed by atoms with E-state index in [-0.39, 0.29) is 24.8 Å². The van der Waals surface area contributed by atoms with Gasteiger partial charge in [-0.25, -0.2) is 4.39 Å². The lowest BCUT2D eigenvalue weighted by Gasteiger charge is -1.98. The maximum atomic E-state index is 12.8. The predicted molar refractivity (Wildman–Crippen MR) is 62.7 cm³/mol. The molecule has 1 nitrogen and oxygen atoms in total. The van der Waals surface area contributed by atoms with Crippen molar-refractivity contribution in [3.05, 3.63) is 42.2 Å². The van der Waals surface area contributed by atoms with Gasteiger partial charge in [0.15, 0.2) is 0 Å². The second kappa shape index (κ2) is 7.85. The van der Waals surface area contributed by atoms with E-state index in [0.717, 1.165) is 4.90 Å². The number of nitrogens with two attached hydrogens (primary N) is 1. The Labute approximate surface area is 94.0 Å². The van der Waals surface area contributed by atoms with E-state index in [0.29, 0.717) is 5.75 Å². The van der Waals surface area contributed by atoms with Crippen molar-refractivity contribution < 1.29 is 4.39 Å². The number of hydrogen-bond donors (Lipinski definition) is 1. The van der Waals surface area contributed by atoms with Crippen LogP contribution >= 0.6 is 24.2 Å². The predicted octanol–water partition coefficient (Wildman–Crippen LogP) is 3.01. The fourth-order valence-corrected chi connectivity index (χ4v) is 1.63. The van der Waals surface area contributed by atoms with Gasteiger partial charge in [0.05, 0.1) is 0 Å². The first kappa shape index (κ1) is 13.5. The molecule has 0 aromatic heterocycles. The third-order valence-corrected chi connectivity index (χ3v) is 2.48. The summed E-state index contributed by atoms with van der Waals surface area (Å²) >= 11 is 1.47. The lowest BCUT2D eigenvalue weighted by atomic mass is 10.4. The van der Waals surface area contributed by atoms with Crippen molar-refractivity contribution in [3.8, 4) is 0 Å².